The number of likely N-dealkylation sites (tertiary alicyclic amines) is 1. The highest BCUT2D eigenvalue weighted by molar-refractivity contribution is 7.88. The van der Waals surface area contributed by atoms with Crippen molar-refractivity contribution in [2.75, 3.05) is 32.4 Å². The fourth-order valence-electron chi connectivity index (χ4n) is 4.28. The van der Waals surface area contributed by atoms with Crippen LogP contribution in [0.25, 0.3) is 0 Å². The third-order valence-corrected chi connectivity index (χ3v) is 7.40. The van der Waals surface area contributed by atoms with Crippen LogP contribution in [0.2, 0.25) is 0 Å². The lowest BCUT2D eigenvalue weighted by atomic mass is 9.91. The van der Waals surface area contributed by atoms with E-state index < -0.39 is 10.0 Å². The Kier molecular flexibility index (Phi) is 6.06. The minimum atomic E-state index is -3.18. The van der Waals surface area contributed by atoms with Gasteiger partial charge in [-0.2, -0.15) is 4.31 Å². The molecule has 25 heavy (non-hydrogen) atoms. The lowest BCUT2D eigenvalue weighted by Crippen LogP contribution is -2.50. The number of likely N-dealkylation sites (N-methyl/N-ethyl adjacent to an activating group) is 1. The maximum absolute atomic E-state index is 12.7. The van der Waals surface area contributed by atoms with E-state index in [9.17, 15) is 13.2 Å². The molecule has 1 saturated heterocycles. The molecule has 0 radical (unpaired) electrons. The highest BCUT2D eigenvalue weighted by atomic mass is 32.2. The molecule has 0 aromatic heterocycles. The Hall–Kier alpha value is -0.660. The number of amides is 1. The second kappa shape index (κ2) is 7.92. The number of rotatable bonds is 7. The average molecular weight is 372 g/mol. The summed E-state index contributed by atoms with van der Waals surface area (Å²) in [6, 6.07) is 0.851. The summed E-state index contributed by atoms with van der Waals surface area (Å²) >= 11 is 0. The van der Waals surface area contributed by atoms with Crippen LogP contribution >= 0.6 is 0 Å². The second-order valence-corrected chi connectivity index (χ2v) is 9.83. The smallest absolute Gasteiger partial charge is 0.236 e. The first-order valence-electron chi connectivity index (χ1n) is 9.90. The van der Waals surface area contributed by atoms with Gasteiger partial charge < -0.3 is 4.90 Å². The molecule has 144 valence electrons. The van der Waals surface area contributed by atoms with Gasteiger partial charge in [0.25, 0.3) is 0 Å². The van der Waals surface area contributed by atoms with Gasteiger partial charge in [-0.1, -0.05) is 13.3 Å². The topological polar surface area (TPSA) is 60.9 Å². The monoisotopic (exact) mass is 371 g/mol. The van der Waals surface area contributed by atoms with Gasteiger partial charge in [0.2, 0.25) is 15.9 Å². The van der Waals surface area contributed by atoms with E-state index >= 15 is 0 Å². The molecule has 0 aromatic rings. The molecule has 1 aliphatic heterocycles. The van der Waals surface area contributed by atoms with Crippen LogP contribution in [0, 0.1) is 0 Å². The molecule has 7 heteroatoms. The molecule has 3 aliphatic rings. The molecule has 3 rings (SSSR count). The molecule has 1 atom stereocenters. The van der Waals surface area contributed by atoms with Gasteiger partial charge in [0.1, 0.15) is 0 Å². The molecule has 1 heterocycles. The van der Waals surface area contributed by atoms with Crippen molar-refractivity contribution < 1.29 is 13.2 Å². The maximum atomic E-state index is 12.7. The molecule has 3 fully saturated rings. The molecule has 0 N–H and O–H groups in total. The van der Waals surface area contributed by atoms with Crippen molar-refractivity contribution in [2.24, 2.45) is 0 Å². The van der Waals surface area contributed by atoms with E-state index in [4.69, 9.17) is 0 Å². The van der Waals surface area contributed by atoms with Crippen molar-refractivity contribution >= 4 is 15.9 Å². The fourth-order valence-corrected chi connectivity index (χ4v) is 5.78. The van der Waals surface area contributed by atoms with E-state index in [1.165, 1.54) is 19.1 Å². The Bertz CT molecular complexity index is 572. The number of hydrogen-bond acceptors (Lipinski definition) is 4. The molecule has 2 saturated carbocycles. The average Bonchev–Trinajstić information content (AvgIpc) is 3.33. The molecule has 0 bridgehead atoms. The van der Waals surface area contributed by atoms with Crippen LogP contribution in [0.1, 0.15) is 58.3 Å². The highest BCUT2D eigenvalue weighted by Crippen LogP contribution is 2.32. The Morgan fingerprint density at radius 1 is 0.960 bits per heavy atom. The Labute approximate surface area is 152 Å². The van der Waals surface area contributed by atoms with E-state index in [-0.39, 0.29) is 18.0 Å². The van der Waals surface area contributed by atoms with E-state index in [0.29, 0.717) is 19.1 Å². The molecule has 0 unspecified atom stereocenters. The third kappa shape index (κ3) is 4.74. The number of sulfonamides is 1. The molecule has 0 spiro atoms. The van der Waals surface area contributed by atoms with Crippen LogP contribution in [0.4, 0.5) is 0 Å². The molecular formula is C18H33N3O3S. The first kappa shape index (κ1) is 19.1. The van der Waals surface area contributed by atoms with Crippen molar-refractivity contribution in [1.82, 2.24) is 14.1 Å². The summed E-state index contributed by atoms with van der Waals surface area (Å²) in [6.07, 6.45) is 9.40. The van der Waals surface area contributed by atoms with Crippen LogP contribution in [0.5, 0.6) is 0 Å². The largest absolute Gasteiger partial charge is 0.342 e. The number of carbonyl (C=O) groups is 1. The third-order valence-electron chi connectivity index (χ3n) is 6.04. The maximum Gasteiger partial charge on any atom is 0.236 e. The van der Waals surface area contributed by atoms with Crippen LogP contribution < -0.4 is 0 Å². The number of hydrogen-bond donors (Lipinski definition) is 0. The summed E-state index contributed by atoms with van der Waals surface area (Å²) in [7, 11) is -3.18. The lowest BCUT2D eigenvalue weighted by Gasteiger charge is -2.40. The zero-order valence-electron chi connectivity index (χ0n) is 15.7. The molecule has 6 nitrogen and oxygen atoms in total. The lowest BCUT2D eigenvalue weighted by molar-refractivity contribution is -0.132. The van der Waals surface area contributed by atoms with Gasteiger partial charge in [-0.3, -0.25) is 9.69 Å². The molecular weight excluding hydrogens is 338 g/mol. The quantitative estimate of drug-likeness (QED) is 0.683. The Morgan fingerprint density at radius 2 is 1.60 bits per heavy atom. The van der Waals surface area contributed by atoms with E-state index in [1.54, 1.807) is 4.31 Å². The van der Waals surface area contributed by atoms with E-state index in [0.717, 1.165) is 51.6 Å². The SMILES string of the molecule is CCN(CC(=O)N1CCC[C@H](N(C2CCC2)S(C)(=O)=O)CC1)C1CC1. The van der Waals surface area contributed by atoms with Gasteiger partial charge in [0.15, 0.2) is 0 Å². The van der Waals surface area contributed by atoms with Crippen LogP contribution in [-0.2, 0) is 14.8 Å². The normalized spacial score (nSPS) is 25.9. The predicted molar refractivity (Wildman–Crippen MR) is 98.8 cm³/mol. The van der Waals surface area contributed by atoms with Crippen molar-refractivity contribution in [2.45, 2.75) is 76.4 Å². The minimum Gasteiger partial charge on any atom is -0.342 e. The fraction of sp³-hybridized carbons (Fsp3) is 0.944. The van der Waals surface area contributed by atoms with Gasteiger partial charge in [-0.05, 0) is 51.5 Å². The minimum absolute atomic E-state index is 0.0591. The van der Waals surface area contributed by atoms with Gasteiger partial charge in [0.05, 0.1) is 12.8 Å². The van der Waals surface area contributed by atoms with Gasteiger partial charge in [-0.15, -0.1) is 0 Å². The van der Waals surface area contributed by atoms with E-state index in [1.807, 2.05) is 4.90 Å². The van der Waals surface area contributed by atoms with Crippen molar-refractivity contribution in [3.63, 3.8) is 0 Å². The molecule has 0 aromatic carbocycles. The zero-order chi connectivity index (χ0) is 18.0. The highest BCUT2D eigenvalue weighted by Gasteiger charge is 2.38. The first-order chi connectivity index (χ1) is 11.9. The summed E-state index contributed by atoms with van der Waals surface area (Å²) in [4.78, 5) is 16.9. The summed E-state index contributed by atoms with van der Waals surface area (Å²) in [5, 5.41) is 0. The van der Waals surface area contributed by atoms with Gasteiger partial charge >= 0.3 is 0 Å². The van der Waals surface area contributed by atoms with Gasteiger partial charge in [-0.25, -0.2) is 8.42 Å². The van der Waals surface area contributed by atoms with Crippen molar-refractivity contribution in [3.05, 3.63) is 0 Å². The van der Waals surface area contributed by atoms with Crippen LogP contribution in [-0.4, -0.2) is 79.0 Å². The predicted octanol–water partition coefficient (Wildman–Crippen LogP) is 1.67. The summed E-state index contributed by atoms with van der Waals surface area (Å²) in [5.41, 5.74) is 0. The second-order valence-electron chi connectivity index (χ2n) is 7.94. The van der Waals surface area contributed by atoms with Crippen molar-refractivity contribution in [3.8, 4) is 0 Å². The first-order valence-corrected chi connectivity index (χ1v) is 11.7. The number of carbonyl (C=O) groups excluding carboxylic acids is 1. The van der Waals surface area contributed by atoms with E-state index in [2.05, 4.69) is 11.8 Å². The molecule has 2 aliphatic carbocycles. The number of nitrogens with zero attached hydrogens (tertiary/aromatic N) is 3. The van der Waals surface area contributed by atoms with Gasteiger partial charge in [0, 0.05) is 31.2 Å². The standard InChI is InChI=1S/C18H33N3O3S/c1-3-19(15-9-10-15)14-18(22)20-12-5-8-17(11-13-20)21(25(2,23)24)16-6-4-7-16/h15-17H,3-14H2,1-2H3/t17-/m0/s1. The Balaban J connectivity index is 1.58. The zero-order valence-corrected chi connectivity index (χ0v) is 16.5. The van der Waals surface area contributed by atoms with Crippen LogP contribution in [0.15, 0.2) is 0 Å². The molecule has 1 amide bonds. The van der Waals surface area contributed by atoms with Crippen molar-refractivity contribution in [1.29, 1.82) is 0 Å². The Morgan fingerprint density at radius 3 is 2.12 bits per heavy atom. The summed E-state index contributed by atoms with van der Waals surface area (Å²) in [6.45, 7) is 5.01. The summed E-state index contributed by atoms with van der Waals surface area (Å²) in [5.74, 6) is 0.212. The van der Waals surface area contributed by atoms with Crippen LogP contribution in [0.3, 0.4) is 0 Å². The summed E-state index contributed by atoms with van der Waals surface area (Å²) < 4.78 is 26.4.